The molecule has 0 heterocycles. The van der Waals surface area contributed by atoms with Gasteiger partial charge in [0.25, 0.3) is 0 Å². The maximum Gasteiger partial charge on any atom is 0.224 e. The number of carbonyl (C=O) groups is 1. The van der Waals surface area contributed by atoms with Crippen LogP contribution in [0.25, 0.3) is 0 Å². The molecule has 0 spiro atoms. The van der Waals surface area contributed by atoms with Gasteiger partial charge in [0, 0.05) is 17.5 Å². The van der Waals surface area contributed by atoms with Crippen LogP contribution in [0, 0.1) is 12.8 Å². The van der Waals surface area contributed by atoms with E-state index in [9.17, 15) is 4.79 Å². The van der Waals surface area contributed by atoms with E-state index in [0.29, 0.717) is 29.4 Å². The van der Waals surface area contributed by atoms with E-state index in [1.54, 1.807) is 19.2 Å². The lowest BCUT2D eigenvalue weighted by atomic mass is 10.1. The number of halogens is 1. The average molecular weight is 271 g/mol. The van der Waals surface area contributed by atoms with Crippen molar-refractivity contribution in [1.29, 1.82) is 0 Å². The molecule has 0 aliphatic heterocycles. The SMILES string of the molecule is COc1cc(Cl)c(C)cc1NC(=O)CC(C)CN. The summed E-state index contributed by atoms with van der Waals surface area (Å²) in [5.74, 6) is 0.636. The molecule has 0 aliphatic carbocycles. The second-order valence-corrected chi connectivity index (χ2v) is 4.80. The molecule has 0 aromatic heterocycles. The smallest absolute Gasteiger partial charge is 0.224 e. The number of hydrogen-bond donors (Lipinski definition) is 2. The zero-order chi connectivity index (χ0) is 13.7. The van der Waals surface area contributed by atoms with Gasteiger partial charge in [-0.2, -0.15) is 0 Å². The van der Waals surface area contributed by atoms with E-state index < -0.39 is 0 Å². The normalized spacial score (nSPS) is 12.1. The maximum atomic E-state index is 11.8. The Morgan fingerprint density at radius 1 is 1.56 bits per heavy atom. The summed E-state index contributed by atoms with van der Waals surface area (Å²) in [4.78, 5) is 11.8. The lowest BCUT2D eigenvalue weighted by Crippen LogP contribution is -2.20. The molecule has 18 heavy (non-hydrogen) atoms. The highest BCUT2D eigenvalue weighted by Gasteiger charge is 2.12. The van der Waals surface area contributed by atoms with E-state index in [1.807, 2.05) is 13.8 Å². The van der Waals surface area contributed by atoms with Crippen LogP contribution in [0.5, 0.6) is 5.75 Å². The maximum absolute atomic E-state index is 11.8. The van der Waals surface area contributed by atoms with Crippen molar-refractivity contribution in [2.24, 2.45) is 11.7 Å². The van der Waals surface area contributed by atoms with E-state index in [1.165, 1.54) is 0 Å². The first-order valence-corrected chi connectivity index (χ1v) is 6.19. The molecule has 0 saturated carbocycles. The summed E-state index contributed by atoms with van der Waals surface area (Å²) in [5.41, 5.74) is 7.01. The van der Waals surface area contributed by atoms with Crippen molar-refractivity contribution >= 4 is 23.2 Å². The molecule has 0 fully saturated rings. The Kier molecular flexibility index (Phi) is 5.44. The van der Waals surface area contributed by atoms with Crippen LogP contribution in [-0.4, -0.2) is 19.6 Å². The monoisotopic (exact) mass is 270 g/mol. The topological polar surface area (TPSA) is 64.3 Å². The van der Waals surface area contributed by atoms with Crippen LogP contribution in [0.3, 0.4) is 0 Å². The molecule has 0 radical (unpaired) electrons. The van der Waals surface area contributed by atoms with Gasteiger partial charge in [-0.15, -0.1) is 0 Å². The number of hydrogen-bond acceptors (Lipinski definition) is 3. The quantitative estimate of drug-likeness (QED) is 0.864. The Morgan fingerprint density at radius 3 is 2.78 bits per heavy atom. The molecule has 5 heteroatoms. The molecule has 0 aliphatic rings. The number of benzene rings is 1. The second-order valence-electron chi connectivity index (χ2n) is 4.39. The van der Waals surface area contributed by atoms with E-state index >= 15 is 0 Å². The number of rotatable bonds is 5. The molecular weight excluding hydrogens is 252 g/mol. The van der Waals surface area contributed by atoms with Gasteiger partial charge in [0.05, 0.1) is 12.8 Å². The number of anilines is 1. The van der Waals surface area contributed by atoms with E-state index in [0.717, 1.165) is 5.56 Å². The Morgan fingerprint density at radius 2 is 2.22 bits per heavy atom. The number of aryl methyl sites for hydroxylation is 1. The Hall–Kier alpha value is -1.26. The van der Waals surface area contributed by atoms with Gasteiger partial charge >= 0.3 is 0 Å². The summed E-state index contributed by atoms with van der Waals surface area (Å²) in [6, 6.07) is 3.49. The van der Waals surface area contributed by atoms with Gasteiger partial charge in [0.1, 0.15) is 5.75 Å². The van der Waals surface area contributed by atoms with E-state index in [-0.39, 0.29) is 11.8 Å². The highest BCUT2D eigenvalue weighted by molar-refractivity contribution is 6.31. The van der Waals surface area contributed by atoms with Crippen molar-refractivity contribution < 1.29 is 9.53 Å². The minimum absolute atomic E-state index is 0.0760. The first-order chi connectivity index (χ1) is 8.47. The number of amides is 1. The van der Waals surface area contributed by atoms with Crippen LogP contribution in [0.15, 0.2) is 12.1 Å². The van der Waals surface area contributed by atoms with E-state index in [2.05, 4.69) is 5.32 Å². The molecule has 0 saturated heterocycles. The van der Waals surface area contributed by atoms with Gasteiger partial charge in [-0.05, 0) is 31.0 Å². The second kappa shape index (κ2) is 6.61. The minimum atomic E-state index is -0.0760. The van der Waals surface area contributed by atoms with Crippen LogP contribution < -0.4 is 15.8 Å². The largest absolute Gasteiger partial charge is 0.495 e. The van der Waals surface area contributed by atoms with Crippen molar-refractivity contribution in [2.45, 2.75) is 20.3 Å². The predicted molar refractivity (Wildman–Crippen MR) is 74.2 cm³/mol. The number of nitrogens with two attached hydrogens (primary N) is 1. The molecular formula is C13H19ClN2O2. The molecule has 1 aromatic carbocycles. The molecule has 1 aromatic rings. The molecule has 3 N–H and O–H groups in total. The van der Waals surface area contributed by atoms with Crippen molar-refractivity contribution in [2.75, 3.05) is 19.0 Å². The summed E-state index contributed by atoms with van der Waals surface area (Å²) in [6.07, 6.45) is 0.390. The minimum Gasteiger partial charge on any atom is -0.495 e. The fraction of sp³-hybridized carbons (Fsp3) is 0.462. The van der Waals surface area contributed by atoms with Gasteiger partial charge in [0.2, 0.25) is 5.91 Å². The summed E-state index contributed by atoms with van der Waals surface area (Å²) < 4.78 is 5.19. The van der Waals surface area contributed by atoms with Gasteiger partial charge in [-0.25, -0.2) is 0 Å². The van der Waals surface area contributed by atoms with Crippen molar-refractivity contribution in [3.05, 3.63) is 22.7 Å². The molecule has 0 bridgehead atoms. The third-order valence-electron chi connectivity index (χ3n) is 2.69. The first-order valence-electron chi connectivity index (χ1n) is 5.82. The zero-order valence-electron chi connectivity index (χ0n) is 10.9. The fourth-order valence-corrected chi connectivity index (χ4v) is 1.68. The van der Waals surface area contributed by atoms with Crippen molar-refractivity contribution in [3.63, 3.8) is 0 Å². The average Bonchev–Trinajstić information content (AvgIpc) is 2.33. The molecule has 1 unspecified atom stereocenters. The van der Waals surface area contributed by atoms with Crippen LogP contribution in [0.1, 0.15) is 18.9 Å². The predicted octanol–water partition coefficient (Wildman–Crippen LogP) is 2.58. The third-order valence-corrected chi connectivity index (χ3v) is 3.10. The molecule has 1 atom stereocenters. The molecule has 4 nitrogen and oxygen atoms in total. The highest BCUT2D eigenvalue weighted by Crippen LogP contribution is 2.31. The summed E-state index contributed by atoms with van der Waals surface area (Å²) >= 11 is 6.00. The van der Waals surface area contributed by atoms with E-state index in [4.69, 9.17) is 22.1 Å². The summed E-state index contributed by atoms with van der Waals surface area (Å²) in [7, 11) is 1.54. The molecule has 1 amide bonds. The number of methoxy groups -OCH3 is 1. The first kappa shape index (κ1) is 14.8. The molecule has 100 valence electrons. The van der Waals surface area contributed by atoms with Crippen molar-refractivity contribution in [3.8, 4) is 5.75 Å². The van der Waals surface area contributed by atoms with Crippen LogP contribution >= 0.6 is 11.6 Å². The number of carbonyl (C=O) groups excluding carboxylic acids is 1. The lowest BCUT2D eigenvalue weighted by molar-refractivity contribution is -0.116. The lowest BCUT2D eigenvalue weighted by Gasteiger charge is -2.13. The fourth-order valence-electron chi connectivity index (χ4n) is 1.53. The third kappa shape index (κ3) is 3.89. The Bertz CT molecular complexity index is 435. The Labute approximate surface area is 112 Å². The van der Waals surface area contributed by atoms with Crippen LogP contribution in [-0.2, 0) is 4.79 Å². The standard InChI is InChI=1S/C13H19ClN2O2/c1-8(7-15)4-13(17)16-11-5-9(2)10(14)6-12(11)18-3/h5-6,8H,4,7,15H2,1-3H3,(H,16,17). The van der Waals surface area contributed by atoms with Gasteiger partial charge in [-0.3, -0.25) is 4.79 Å². The Balaban J connectivity index is 2.83. The van der Waals surface area contributed by atoms with Crippen LogP contribution in [0.4, 0.5) is 5.69 Å². The number of nitrogens with one attached hydrogen (secondary N) is 1. The highest BCUT2D eigenvalue weighted by atomic mass is 35.5. The summed E-state index contributed by atoms with van der Waals surface area (Å²) in [6.45, 7) is 4.30. The van der Waals surface area contributed by atoms with Crippen molar-refractivity contribution in [1.82, 2.24) is 0 Å². The zero-order valence-corrected chi connectivity index (χ0v) is 11.7. The van der Waals surface area contributed by atoms with Crippen LogP contribution in [0.2, 0.25) is 5.02 Å². The van der Waals surface area contributed by atoms with Gasteiger partial charge in [0.15, 0.2) is 0 Å². The molecule has 1 rings (SSSR count). The number of ether oxygens (including phenoxy) is 1. The van der Waals surface area contributed by atoms with Gasteiger partial charge in [-0.1, -0.05) is 18.5 Å². The summed E-state index contributed by atoms with van der Waals surface area (Å²) in [5, 5.41) is 3.43. The van der Waals surface area contributed by atoms with Gasteiger partial charge < -0.3 is 15.8 Å².